The number of nitrogen functional groups attached to an aromatic ring is 1. The highest BCUT2D eigenvalue weighted by Gasteiger charge is 2.20. The summed E-state index contributed by atoms with van der Waals surface area (Å²) in [6, 6.07) is 1.74. The van der Waals surface area contributed by atoms with E-state index in [1.165, 1.54) is 6.20 Å². The van der Waals surface area contributed by atoms with Crippen LogP contribution in [0.2, 0.25) is 0 Å². The number of aliphatic hydroxyl groups excluding tert-OH is 2. The highest BCUT2D eigenvalue weighted by atomic mass is 16.3. The molecule has 0 saturated carbocycles. The Morgan fingerprint density at radius 1 is 1.50 bits per heavy atom. The van der Waals surface area contributed by atoms with Gasteiger partial charge in [-0.2, -0.15) is 0 Å². The van der Waals surface area contributed by atoms with Gasteiger partial charge in [0.25, 0.3) is 0 Å². The van der Waals surface area contributed by atoms with Crippen LogP contribution >= 0.6 is 0 Å². The van der Waals surface area contributed by atoms with Crippen LogP contribution in [0.15, 0.2) is 12.3 Å². The summed E-state index contributed by atoms with van der Waals surface area (Å²) in [7, 11) is 0. The summed E-state index contributed by atoms with van der Waals surface area (Å²) < 4.78 is 0. The molecule has 0 spiro atoms. The summed E-state index contributed by atoms with van der Waals surface area (Å²) in [5.41, 5.74) is 12.4. The Hall–Kier alpha value is -1.17. The van der Waals surface area contributed by atoms with Crippen molar-refractivity contribution in [3.05, 3.63) is 23.5 Å². The zero-order chi connectivity index (χ0) is 10.7. The fourth-order valence-corrected chi connectivity index (χ4v) is 1.14. The second-order valence-electron chi connectivity index (χ2n) is 3.17. The normalized spacial score (nSPS) is 15.1. The van der Waals surface area contributed by atoms with Gasteiger partial charge < -0.3 is 21.7 Å². The van der Waals surface area contributed by atoms with Crippen molar-refractivity contribution in [3.63, 3.8) is 0 Å². The minimum absolute atomic E-state index is 0.0315. The standard InChI is InChI=1S/C9H15N3O2/c1-5-2-3-12-8(7(5)11)9(14)6(13)4-10/h2-3,6,9,13-14H,4,10-11H2,1H3. The van der Waals surface area contributed by atoms with Gasteiger partial charge in [0.15, 0.2) is 0 Å². The molecule has 1 aromatic heterocycles. The lowest BCUT2D eigenvalue weighted by molar-refractivity contribution is 0.0222. The van der Waals surface area contributed by atoms with Crippen molar-refractivity contribution in [2.24, 2.45) is 5.73 Å². The fourth-order valence-electron chi connectivity index (χ4n) is 1.14. The molecular weight excluding hydrogens is 182 g/mol. The van der Waals surface area contributed by atoms with Crippen molar-refractivity contribution < 1.29 is 10.2 Å². The van der Waals surface area contributed by atoms with Crippen LogP contribution in [0.5, 0.6) is 0 Å². The molecule has 0 aliphatic heterocycles. The van der Waals surface area contributed by atoms with Gasteiger partial charge in [-0.05, 0) is 18.6 Å². The molecule has 0 aliphatic rings. The van der Waals surface area contributed by atoms with E-state index in [1.807, 2.05) is 6.92 Å². The van der Waals surface area contributed by atoms with E-state index in [9.17, 15) is 10.2 Å². The number of nitrogens with zero attached hydrogens (tertiary/aromatic N) is 1. The maximum absolute atomic E-state index is 9.62. The van der Waals surface area contributed by atoms with Crippen molar-refractivity contribution in [3.8, 4) is 0 Å². The van der Waals surface area contributed by atoms with E-state index >= 15 is 0 Å². The Labute approximate surface area is 82.4 Å². The Balaban J connectivity index is 3.01. The van der Waals surface area contributed by atoms with Crippen molar-refractivity contribution >= 4 is 5.69 Å². The fraction of sp³-hybridized carbons (Fsp3) is 0.444. The molecule has 2 unspecified atom stereocenters. The van der Waals surface area contributed by atoms with Crippen LogP contribution in [0.25, 0.3) is 0 Å². The van der Waals surface area contributed by atoms with Crippen LogP contribution in [0.1, 0.15) is 17.4 Å². The first-order chi connectivity index (χ1) is 6.57. The summed E-state index contributed by atoms with van der Waals surface area (Å²) in [5.74, 6) is 0. The Kier molecular flexibility index (Phi) is 3.40. The van der Waals surface area contributed by atoms with Gasteiger partial charge in [0.1, 0.15) is 6.10 Å². The highest BCUT2D eigenvalue weighted by molar-refractivity contribution is 5.50. The molecule has 0 amide bonds. The lowest BCUT2D eigenvalue weighted by atomic mass is 10.1. The molecule has 0 bridgehead atoms. The molecule has 78 valence electrons. The van der Waals surface area contributed by atoms with E-state index in [4.69, 9.17) is 11.5 Å². The van der Waals surface area contributed by atoms with Gasteiger partial charge in [-0.25, -0.2) is 0 Å². The van der Waals surface area contributed by atoms with Gasteiger partial charge in [-0.3, -0.25) is 4.98 Å². The molecule has 0 radical (unpaired) electrons. The van der Waals surface area contributed by atoms with Gasteiger partial charge in [0.2, 0.25) is 0 Å². The zero-order valence-corrected chi connectivity index (χ0v) is 8.01. The van der Waals surface area contributed by atoms with Crippen molar-refractivity contribution in [1.29, 1.82) is 0 Å². The van der Waals surface area contributed by atoms with E-state index < -0.39 is 12.2 Å². The van der Waals surface area contributed by atoms with Crippen LogP contribution in [-0.4, -0.2) is 27.8 Å². The Morgan fingerprint density at radius 3 is 2.71 bits per heavy atom. The lowest BCUT2D eigenvalue weighted by Crippen LogP contribution is -2.28. The number of rotatable bonds is 3. The molecule has 0 saturated heterocycles. The first kappa shape index (κ1) is 10.9. The van der Waals surface area contributed by atoms with Crippen molar-refractivity contribution in [2.45, 2.75) is 19.1 Å². The second-order valence-corrected chi connectivity index (χ2v) is 3.17. The second kappa shape index (κ2) is 4.36. The van der Waals surface area contributed by atoms with E-state index in [2.05, 4.69) is 4.98 Å². The topological polar surface area (TPSA) is 105 Å². The van der Waals surface area contributed by atoms with Gasteiger partial charge in [0, 0.05) is 12.7 Å². The van der Waals surface area contributed by atoms with E-state index in [0.29, 0.717) is 5.69 Å². The molecule has 0 aromatic carbocycles. The molecule has 1 rings (SSSR count). The monoisotopic (exact) mass is 197 g/mol. The quantitative estimate of drug-likeness (QED) is 0.514. The number of pyridine rings is 1. The van der Waals surface area contributed by atoms with E-state index in [0.717, 1.165) is 5.56 Å². The van der Waals surface area contributed by atoms with Crippen LogP contribution in [0.3, 0.4) is 0 Å². The van der Waals surface area contributed by atoms with Crippen LogP contribution in [0, 0.1) is 6.92 Å². The number of aryl methyl sites for hydroxylation is 1. The summed E-state index contributed by atoms with van der Waals surface area (Å²) in [4.78, 5) is 3.92. The van der Waals surface area contributed by atoms with Gasteiger partial charge in [-0.1, -0.05) is 0 Å². The summed E-state index contributed by atoms with van der Waals surface area (Å²) in [6.45, 7) is 1.78. The maximum Gasteiger partial charge on any atom is 0.125 e. The Morgan fingerprint density at radius 2 is 2.14 bits per heavy atom. The molecule has 2 atom stereocenters. The number of aliphatic hydroxyl groups is 2. The molecule has 14 heavy (non-hydrogen) atoms. The third-order valence-electron chi connectivity index (χ3n) is 2.13. The minimum Gasteiger partial charge on any atom is -0.397 e. The van der Waals surface area contributed by atoms with Crippen LogP contribution in [0.4, 0.5) is 5.69 Å². The minimum atomic E-state index is -1.13. The highest BCUT2D eigenvalue weighted by Crippen LogP contribution is 2.22. The number of anilines is 1. The van der Waals surface area contributed by atoms with E-state index in [1.54, 1.807) is 6.07 Å². The lowest BCUT2D eigenvalue weighted by Gasteiger charge is -2.17. The molecule has 0 fully saturated rings. The molecule has 5 heteroatoms. The van der Waals surface area contributed by atoms with Crippen molar-refractivity contribution in [1.82, 2.24) is 4.98 Å². The maximum atomic E-state index is 9.62. The predicted octanol–water partition coefficient (Wildman–Crippen LogP) is -0.675. The number of hydrogen-bond acceptors (Lipinski definition) is 5. The molecule has 1 heterocycles. The summed E-state index contributed by atoms with van der Waals surface area (Å²) >= 11 is 0. The molecule has 6 N–H and O–H groups in total. The zero-order valence-electron chi connectivity index (χ0n) is 8.01. The predicted molar refractivity (Wildman–Crippen MR) is 53.4 cm³/mol. The smallest absolute Gasteiger partial charge is 0.125 e. The molecular formula is C9H15N3O2. The number of nitrogens with two attached hydrogens (primary N) is 2. The first-order valence-electron chi connectivity index (χ1n) is 4.35. The SMILES string of the molecule is Cc1ccnc(C(O)C(O)CN)c1N. The third kappa shape index (κ3) is 2.01. The number of aromatic nitrogens is 1. The largest absolute Gasteiger partial charge is 0.397 e. The van der Waals surface area contributed by atoms with Gasteiger partial charge >= 0.3 is 0 Å². The number of hydrogen-bond donors (Lipinski definition) is 4. The third-order valence-corrected chi connectivity index (χ3v) is 2.13. The van der Waals surface area contributed by atoms with Crippen LogP contribution < -0.4 is 11.5 Å². The summed E-state index contributed by atoms with van der Waals surface area (Å²) in [5, 5.41) is 18.9. The van der Waals surface area contributed by atoms with E-state index in [-0.39, 0.29) is 12.2 Å². The van der Waals surface area contributed by atoms with Gasteiger partial charge in [0.05, 0.1) is 17.5 Å². The summed E-state index contributed by atoms with van der Waals surface area (Å²) in [6.07, 6.45) is -0.625. The average molecular weight is 197 g/mol. The Bertz CT molecular complexity index is 317. The van der Waals surface area contributed by atoms with Gasteiger partial charge in [-0.15, -0.1) is 0 Å². The molecule has 0 aliphatic carbocycles. The molecule has 5 nitrogen and oxygen atoms in total. The first-order valence-corrected chi connectivity index (χ1v) is 4.35. The average Bonchev–Trinajstić information content (AvgIpc) is 2.20. The van der Waals surface area contributed by atoms with Crippen molar-refractivity contribution in [2.75, 3.05) is 12.3 Å². The molecule has 1 aromatic rings. The van der Waals surface area contributed by atoms with Crippen LogP contribution in [-0.2, 0) is 0 Å².